The Labute approximate surface area is 102 Å². The summed E-state index contributed by atoms with van der Waals surface area (Å²) in [5.74, 6) is 0.901. The van der Waals surface area contributed by atoms with Crippen LogP contribution >= 0.6 is 0 Å². The Morgan fingerprint density at radius 1 is 1.53 bits per heavy atom. The van der Waals surface area contributed by atoms with Crippen molar-refractivity contribution in [2.45, 2.75) is 40.3 Å². The molecule has 0 aliphatic rings. The average molecular weight is 239 g/mol. The third kappa shape index (κ3) is 3.30. The summed E-state index contributed by atoms with van der Waals surface area (Å²) in [4.78, 5) is 13.5. The average Bonchev–Trinajstić information content (AvgIpc) is 2.64. The van der Waals surface area contributed by atoms with Crippen LogP contribution in [0.25, 0.3) is 0 Å². The molecular formula is C12H21N3O2. The van der Waals surface area contributed by atoms with Crippen LogP contribution < -0.4 is 5.32 Å². The van der Waals surface area contributed by atoms with E-state index in [1.54, 1.807) is 11.9 Å². The first-order valence-electron chi connectivity index (χ1n) is 5.87. The Morgan fingerprint density at radius 3 is 2.65 bits per heavy atom. The number of nitrogens with zero attached hydrogens (tertiary/aromatic N) is 2. The van der Waals surface area contributed by atoms with Crippen molar-refractivity contribution in [3.63, 3.8) is 0 Å². The van der Waals surface area contributed by atoms with Gasteiger partial charge < -0.3 is 14.7 Å². The van der Waals surface area contributed by atoms with Crippen LogP contribution in [0.5, 0.6) is 0 Å². The highest BCUT2D eigenvalue weighted by Crippen LogP contribution is 2.11. The number of carbonyl (C=O) groups is 1. The molecule has 5 heteroatoms. The molecule has 1 aromatic rings. The number of amides is 1. The van der Waals surface area contributed by atoms with E-state index in [0.29, 0.717) is 6.54 Å². The Bertz CT molecular complexity index is 368. The molecule has 0 radical (unpaired) electrons. The highest BCUT2D eigenvalue weighted by Gasteiger charge is 2.17. The Balaban J connectivity index is 2.54. The van der Waals surface area contributed by atoms with E-state index in [1.807, 2.05) is 27.7 Å². The Kier molecular flexibility index (Phi) is 4.69. The number of likely N-dealkylation sites (N-methyl/N-ethyl adjacent to an activating group) is 1. The fourth-order valence-corrected chi connectivity index (χ4v) is 1.58. The van der Waals surface area contributed by atoms with Crippen LogP contribution in [0, 0.1) is 13.8 Å². The number of rotatable bonds is 5. The van der Waals surface area contributed by atoms with E-state index in [-0.39, 0.29) is 11.9 Å². The van der Waals surface area contributed by atoms with Gasteiger partial charge in [0.15, 0.2) is 0 Å². The van der Waals surface area contributed by atoms with Crippen molar-refractivity contribution < 1.29 is 9.32 Å². The minimum Gasteiger partial charge on any atom is -0.361 e. The molecule has 0 bridgehead atoms. The van der Waals surface area contributed by atoms with Crippen LogP contribution in [-0.4, -0.2) is 35.6 Å². The first kappa shape index (κ1) is 13.7. The van der Waals surface area contributed by atoms with Crippen molar-refractivity contribution >= 4 is 5.91 Å². The second-order valence-corrected chi connectivity index (χ2v) is 4.26. The van der Waals surface area contributed by atoms with E-state index in [4.69, 9.17) is 4.52 Å². The van der Waals surface area contributed by atoms with Gasteiger partial charge in [0, 0.05) is 25.7 Å². The molecule has 1 N–H and O–H groups in total. The highest BCUT2D eigenvalue weighted by molar-refractivity contribution is 5.81. The maximum Gasteiger partial charge on any atom is 0.239 e. The summed E-state index contributed by atoms with van der Waals surface area (Å²) in [5, 5.41) is 7.07. The molecule has 1 rings (SSSR count). The maximum atomic E-state index is 11.8. The second kappa shape index (κ2) is 5.82. The fourth-order valence-electron chi connectivity index (χ4n) is 1.58. The predicted octanol–water partition coefficient (Wildman–Crippen LogP) is 1.25. The first-order chi connectivity index (χ1) is 7.97. The van der Waals surface area contributed by atoms with E-state index >= 15 is 0 Å². The smallest absolute Gasteiger partial charge is 0.239 e. The molecule has 0 saturated heterocycles. The molecule has 1 aromatic heterocycles. The zero-order valence-electron chi connectivity index (χ0n) is 11.2. The van der Waals surface area contributed by atoms with Gasteiger partial charge in [-0.1, -0.05) is 5.16 Å². The number of carbonyl (C=O) groups excluding carboxylic acids is 1. The largest absolute Gasteiger partial charge is 0.361 e. The van der Waals surface area contributed by atoms with Gasteiger partial charge in [-0.2, -0.15) is 0 Å². The molecule has 0 aromatic carbocycles. The summed E-state index contributed by atoms with van der Waals surface area (Å²) in [5.41, 5.74) is 1.90. The van der Waals surface area contributed by atoms with E-state index in [1.165, 1.54) is 0 Å². The minimum absolute atomic E-state index is 0.0965. The summed E-state index contributed by atoms with van der Waals surface area (Å²) in [6.07, 6.45) is 0. The fraction of sp³-hybridized carbons (Fsp3) is 0.667. The first-order valence-corrected chi connectivity index (χ1v) is 5.87. The molecule has 5 nitrogen and oxygen atoms in total. The van der Waals surface area contributed by atoms with Crippen LogP contribution in [0.2, 0.25) is 0 Å². The summed E-state index contributed by atoms with van der Waals surface area (Å²) in [7, 11) is 1.80. The monoisotopic (exact) mass is 239 g/mol. The highest BCUT2D eigenvalue weighted by atomic mass is 16.5. The second-order valence-electron chi connectivity index (χ2n) is 4.26. The molecule has 0 saturated carbocycles. The summed E-state index contributed by atoms with van der Waals surface area (Å²) < 4.78 is 5.07. The maximum absolute atomic E-state index is 11.8. The van der Waals surface area contributed by atoms with Crippen LogP contribution in [0.3, 0.4) is 0 Å². The standard InChI is InChI=1S/C12H21N3O2/c1-6-15(5)12(16)9(3)13-7-11-8(2)14-17-10(11)4/h9,13H,6-7H2,1-5H3. The van der Waals surface area contributed by atoms with Gasteiger partial charge in [-0.15, -0.1) is 0 Å². The third-order valence-corrected chi connectivity index (χ3v) is 2.99. The number of nitrogens with one attached hydrogen (secondary N) is 1. The molecule has 17 heavy (non-hydrogen) atoms. The van der Waals surface area contributed by atoms with Crippen LogP contribution in [0.1, 0.15) is 30.9 Å². The molecule has 0 aliphatic carbocycles. The molecule has 1 atom stereocenters. The quantitative estimate of drug-likeness (QED) is 0.840. The van der Waals surface area contributed by atoms with Crippen molar-refractivity contribution in [1.82, 2.24) is 15.4 Å². The lowest BCUT2D eigenvalue weighted by molar-refractivity contribution is -0.131. The molecule has 1 unspecified atom stereocenters. The molecule has 1 heterocycles. The number of hydrogen-bond acceptors (Lipinski definition) is 4. The van der Waals surface area contributed by atoms with E-state index < -0.39 is 0 Å². The normalized spacial score (nSPS) is 12.5. The van der Waals surface area contributed by atoms with E-state index in [9.17, 15) is 4.79 Å². The molecule has 96 valence electrons. The Morgan fingerprint density at radius 2 is 2.18 bits per heavy atom. The molecule has 1 amide bonds. The van der Waals surface area contributed by atoms with Crippen LogP contribution in [0.15, 0.2) is 4.52 Å². The molecule has 0 fully saturated rings. The van der Waals surface area contributed by atoms with Crippen molar-refractivity contribution in [2.75, 3.05) is 13.6 Å². The minimum atomic E-state index is -0.200. The summed E-state index contributed by atoms with van der Waals surface area (Å²) >= 11 is 0. The number of aryl methyl sites for hydroxylation is 2. The lowest BCUT2D eigenvalue weighted by Gasteiger charge is -2.20. The van der Waals surface area contributed by atoms with Crippen LogP contribution in [-0.2, 0) is 11.3 Å². The van der Waals surface area contributed by atoms with Crippen molar-refractivity contribution in [3.8, 4) is 0 Å². The predicted molar refractivity (Wildman–Crippen MR) is 65.6 cm³/mol. The zero-order chi connectivity index (χ0) is 13.0. The van der Waals surface area contributed by atoms with E-state index in [0.717, 1.165) is 23.6 Å². The van der Waals surface area contributed by atoms with Crippen LogP contribution in [0.4, 0.5) is 0 Å². The molecule has 0 aliphatic heterocycles. The summed E-state index contributed by atoms with van der Waals surface area (Å²) in [6.45, 7) is 8.92. The van der Waals surface area contributed by atoms with Gasteiger partial charge in [0.2, 0.25) is 5.91 Å². The van der Waals surface area contributed by atoms with Crippen molar-refractivity contribution in [3.05, 3.63) is 17.0 Å². The topological polar surface area (TPSA) is 58.4 Å². The van der Waals surface area contributed by atoms with Gasteiger partial charge >= 0.3 is 0 Å². The lowest BCUT2D eigenvalue weighted by atomic mass is 10.2. The molecule has 0 spiro atoms. The van der Waals surface area contributed by atoms with Crippen molar-refractivity contribution in [2.24, 2.45) is 0 Å². The van der Waals surface area contributed by atoms with Gasteiger partial charge in [-0.05, 0) is 27.7 Å². The lowest BCUT2D eigenvalue weighted by Crippen LogP contribution is -2.42. The Hall–Kier alpha value is -1.36. The van der Waals surface area contributed by atoms with Gasteiger partial charge in [0.05, 0.1) is 11.7 Å². The number of aromatic nitrogens is 1. The summed E-state index contributed by atoms with van der Waals surface area (Å²) in [6, 6.07) is -0.200. The van der Waals surface area contributed by atoms with Gasteiger partial charge in [0.1, 0.15) is 5.76 Å². The van der Waals surface area contributed by atoms with Crippen molar-refractivity contribution in [1.29, 1.82) is 0 Å². The van der Waals surface area contributed by atoms with E-state index in [2.05, 4.69) is 10.5 Å². The third-order valence-electron chi connectivity index (χ3n) is 2.99. The number of hydrogen-bond donors (Lipinski definition) is 1. The molecular weight excluding hydrogens is 218 g/mol. The van der Waals surface area contributed by atoms with Gasteiger partial charge in [-0.25, -0.2) is 0 Å². The van der Waals surface area contributed by atoms with Gasteiger partial charge in [-0.3, -0.25) is 4.79 Å². The SMILES string of the molecule is CCN(C)C(=O)C(C)NCc1c(C)noc1C. The zero-order valence-corrected chi connectivity index (χ0v) is 11.2. The van der Waals surface area contributed by atoms with Gasteiger partial charge in [0.25, 0.3) is 0 Å².